The van der Waals surface area contributed by atoms with Crippen LogP contribution in [0.1, 0.15) is 35.1 Å². The van der Waals surface area contributed by atoms with Gasteiger partial charge in [-0.25, -0.2) is 9.48 Å². The molecule has 0 aliphatic heterocycles. The van der Waals surface area contributed by atoms with Crippen LogP contribution in [-0.2, 0) is 29.2 Å². The summed E-state index contributed by atoms with van der Waals surface area (Å²) in [6, 6.07) is 5.94. The lowest BCUT2D eigenvalue weighted by Gasteiger charge is -2.08. The molecule has 1 aromatic carbocycles. The van der Waals surface area contributed by atoms with E-state index in [9.17, 15) is 18.0 Å². The van der Waals surface area contributed by atoms with Crippen LogP contribution < -0.4 is 0 Å². The van der Waals surface area contributed by atoms with Crippen molar-refractivity contribution in [2.24, 2.45) is 0 Å². The summed E-state index contributed by atoms with van der Waals surface area (Å²) in [5.41, 5.74) is 0.793. The first-order valence-electron chi connectivity index (χ1n) is 7.54. The van der Waals surface area contributed by atoms with Crippen molar-refractivity contribution in [2.45, 2.75) is 39.3 Å². The molecule has 0 aliphatic carbocycles. The third kappa shape index (κ3) is 6.14. The number of tetrazole rings is 1. The van der Waals surface area contributed by atoms with E-state index in [0.717, 1.165) is 6.42 Å². The number of nitrogens with zero attached hydrogens (tertiary/aromatic N) is 4. The Morgan fingerprint density at radius 3 is 2.56 bits per heavy atom. The van der Waals surface area contributed by atoms with E-state index in [1.807, 2.05) is 6.92 Å². The van der Waals surface area contributed by atoms with Gasteiger partial charge in [0.1, 0.15) is 6.61 Å². The average molecular weight is 358 g/mol. The van der Waals surface area contributed by atoms with Crippen LogP contribution >= 0.6 is 0 Å². The SMILES string of the molecule is CCCn1nnnc1COC(=O)c1ccc(COCC(F)(F)F)cc1. The van der Waals surface area contributed by atoms with E-state index in [0.29, 0.717) is 17.9 Å². The van der Waals surface area contributed by atoms with Gasteiger partial charge in [0.25, 0.3) is 0 Å². The first-order valence-corrected chi connectivity index (χ1v) is 7.54. The highest BCUT2D eigenvalue weighted by Gasteiger charge is 2.27. The molecule has 0 radical (unpaired) electrons. The van der Waals surface area contributed by atoms with Crippen LogP contribution in [0.5, 0.6) is 0 Å². The van der Waals surface area contributed by atoms with Crippen molar-refractivity contribution >= 4 is 5.97 Å². The maximum absolute atomic E-state index is 12.0. The third-order valence-corrected chi connectivity index (χ3v) is 3.10. The summed E-state index contributed by atoms with van der Waals surface area (Å²) >= 11 is 0. The lowest BCUT2D eigenvalue weighted by molar-refractivity contribution is -0.176. The minimum atomic E-state index is -4.36. The van der Waals surface area contributed by atoms with Crippen molar-refractivity contribution < 1.29 is 27.4 Å². The third-order valence-electron chi connectivity index (χ3n) is 3.10. The zero-order valence-electron chi connectivity index (χ0n) is 13.5. The number of aryl methyl sites for hydroxylation is 1. The molecule has 7 nitrogen and oxygen atoms in total. The van der Waals surface area contributed by atoms with Crippen molar-refractivity contribution in [1.82, 2.24) is 20.2 Å². The molecule has 0 saturated heterocycles. The normalized spacial score (nSPS) is 11.5. The molecule has 0 N–H and O–H groups in total. The fourth-order valence-corrected chi connectivity index (χ4v) is 1.95. The van der Waals surface area contributed by atoms with Gasteiger partial charge in [-0.05, 0) is 34.5 Å². The second-order valence-electron chi connectivity index (χ2n) is 5.20. The number of halogens is 3. The minimum absolute atomic E-state index is 0.0672. The number of ether oxygens (including phenoxy) is 2. The fraction of sp³-hybridized carbons (Fsp3) is 0.467. The molecular weight excluding hydrogens is 341 g/mol. The van der Waals surface area contributed by atoms with Crippen LogP contribution in [0.4, 0.5) is 13.2 Å². The van der Waals surface area contributed by atoms with Crippen LogP contribution in [0.15, 0.2) is 24.3 Å². The maximum Gasteiger partial charge on any atom is 0.411 e. The van der Waals surface area contributed by atoms with E-state index in [-0.39, 0.29) is 18.8 Å². The quantitative estimate of drug-likeness (QED) is 0.675. The number of rotatable bonds is 8. The van der Waals surface area contributed by atoms with Gasteiger partial charge in [-0.3, -0.25) is 0 Å². The lowest BCUT2D eigenvalue weighted by atomic mass is 10.1. The summed E-state index contributed by atoms with van der Waals surface area (Å²) in [4.78, 5) is 12.0. The number of alkyl halides is 3. The van der Waals surface area contributed by atoms with Crippen LogP contribution in [0.25, 0.3) is 0 Å². The van der Waals surface area contributed by atoms with Crippen molar-refractivity contribution in [1.29, 1.82) is 0 Å². The maximum atomic E-state index is 12.0. The monoisotopic (exact) mass is 358 g/mol. The van der Waals surface area contributed by atoms with Gasteiger partial charge in [0.2, 0.25) is 0 Å². The molecule has 0 saturated carbocycles. The molecule has 10 heteroatoms. The largest absolute Gasteiger partial charge is 0.454 e. The molecule has 2 aromatic rings. The summed E-state index contributed by atoms with van der Waals surface area (Å²) in [7, 11) is 0. The van der Waals surface area contributed by atoms with Crippen LogP contribution in [-0.4, -0.2) is 39.0 Å². The second-order valence-corrected chi connectivity index (χ2v) is 5.20. The average Bonchev–Trinajstić information content (AvgIpc) is 3.00. The Kier molecular flexibility index (Phi) is 6.45. The summed E-state index contributed by atoms with van der Waals surface area (Å²) in [5.74, 6) is -0.138. The van der Waals surface area contributed by atoms with Crippen molar-refractivity contribution in [3.8, 4) is 0 Å². The molecule has 0 amide bonds. The predicted molar refractivity (Wildman–Crippen MR) is 79.4 cm³/mol. The Labute approximate surface area is 141 Å². The zero-order valence-corrected chi connectivity index (χ0v) is 13.5. The van der Waals surface area contributed by atoms with Gasteiger partial charge in [-0.15, -0.1) is 5.10 Å². The predicted octanol–water partition coefficient (Wildman–Crippen LogP) is 2.52. The number of hydrogen-bond donors (Lipinski definition) is 0. The van der Waals surface area contributed by atoms with E-state index in [1.54, 1.807) is 4.68 Å². The Bertz CT molecular complexity index is 686. The van der Waals surface area contributed by atoms with Gasteiger partial charge in [0.15, 0.2) is 12.4 Å². The van der Waals surface area contributed by atoms with Crippen LogP contribution in [0.2, 0.25) is 0 Å². The Hall–Kier alpha value is -2.49. The first kappa shape index (κ1) is 18.8. The number of aromatic nitrogens is 4. The number of carbonyl (C=O) groups excluding carboxylic acids is 1. The van der Waals surface area contributed by atoms with E-state index < -0.39 is 18.8 Å². The van der Waals surface area contributed by atoms with Gasteiger partial charge in [-0.1, -0.05) is 19.1 Å². The molecule has 0 spiro atoms. The Morgan fingerprint density at radius 1 is 1.20 bits per heavy atom. The fourth-order valence-electron chi connectivity index (χ4n) is 1.95. The molecule has 0 aliphatic rings. The molecule has 2 rings (SSSR count). The molecule has 0 unspecified atom stereocenters. The van der Waals surface area contributed by atoms with Crippen LogP contribution in [0, 0.1) is 0 Å². The van der Waals surface area contributed by atoms with Gasteiger partial charge in [0.05, 0.1) is 12.2 Å². The second kappa shape index (κ2) is 8.56. The van der Waals surface area contributed by atoms with E-state index in [2.05, 4.69) is 20.3 Å². The highest BCUT2D eigenvalue weighted by Crippen LogP contribution is 2.16. The standard InChI is InChI=1S/C15H17F3N4O3/c1-2-7-22-13(19-20-21-22)9-25-14(23)12-5-3-11(4-6-12)8-24-10-15(16,17)18/h3-6H,2,7-10H2,1H3. The highest BCUT2D eigenvalue weighted by atomic mass is 19.4. The summed E-state index contributed by atoms with van der Waals surface area (Å²) in [5, 5.41) is 11.1. The molecule has 136 valence electrons. The van der Waals surface area contributed by atoms with E-state index in [4.69, 9.17) is 4.74 Å². The summed E-state index contributed by atoms with van der Waals surface area (Å²) in [6.07, 6.45) is -3.53. The molecule has 1 aromatic heterocycles. The highest BCUT2D eigenvalue weighted by molar-refractivity contribution is 5.89. The van der Waals surface area contributed by atoms with Gasteiger partial charge >= 0.3 is 12.1 Å². The first-order chi connectivity index (χ1) is 11.9. The zero-order chi connectivity index (χ0) is 18.3. The van der Waals surface area contributed by atoms with Gasteiger partial charge in [-0.2, -0.15) is 13.2 Å². The number of hydrogen-bond acceptors (Lipinski definition) is 6. The lowest BCUT2D eigenvalue weighted by Crippen LogP contribution is -2.16. The van der Waals surface area contributed by atoms with Crippen LogP contribution in [0.3, 0.4) is 0 Å². The number of esters is 1. The van der Waals surface area contributed by atoms with Crippen molar-refractivity contribution in [2.75, 3.05) is 6.61 Å². The van der Waals surface area contributed by atoms with E-state index >= 15 is 0 Å². The van der Waals surface area contributed by atoms with E-state index in [1.165, 1.54) is 24.3 Å². The molecular formula is C15H17F3N4O3. The topological polar surface area (TPSA) is 79.1 Å². The smallest absolute Gasteiger partial charge is 0.411 e. The number of carbonyl (C=O) groups is 1. The molecule has 1 heterocycles. The molecule has 0 bridgehead atoms. The molecule has 0 fully saturated rings. The molecule has 25 heavy (non-hydrogen) atoms. The van der Waals surface area contributed by atoms with Crippen molar-refractivity contribution in [3.63, 3.8) is 0 Å². The number of benzene rings is 1. The summed E-state index contributed by atoms with van der Waals surface area (Å²) < 4.78 is 47.3. The Balaban J connectivity index is 1.84. The van der Waals surface area contributed by atoms with Crippen molar-refractivity contribution in [3.05, 3.63) is 41.2 Å². The summed E-state index contributed by atoms with van der Waals surface area (Å²) in [6.45, 7) is 1.01. The van der Waals surface area contributed by atoms with Gasteiger partial charge in [0, 0.05) is 6.54 Å². The Morgan fingerprint density at radius 2 is 1.92 bits per heavy atom. The molecule has 0 atom stereocenters. The van der Waals surface area contributed by atoms with Gasteiger partial charge < -0.3 is 9.47 Å². The minimum Gasteiger partial charge on any atom is -0.454 e.